The number of hydrogen-bond donors (Lipinski definition) is 0. The first kappa shape index (κ1) is 18.5. The Morgan fingerprint density at radius 2 is 1.88 bits per heavy atom. The Hall–Kier alpha value is -2.83. The zero-order valence-corrected chi connectivity index (χ0v) is 14.0. The van der Waals surface area contributed by atoms with Gasteiger partial charge >= 0.3 is 12.1 Å². The van der Waals surface area contributed by atoms with E-state index in [1.54, 1.807) is 43.3 Å². The van der Waals surface area contributed by atoms with Crippen LogP contribution in [0.5, 0.6) is 5.75 Å². The van der Waals surface area contributed by atoms with Gasteiger partial charge in [-0.15, -0.1) is 0 Å². The fourth-order valence-corrected chi connectivity index (χ4v) is 2.23. The molecule has 0 saturated carbocycles. The maximum atomic E-state index is 13.0. The molecular formula is C18H17F3N2O2. The van der Waals surface area contributed by atoms with Crippen LogP contribution in [0.4, 0.5) is 18.9 Å². The molecule has 4 nitrogen and oxygen atoms in total. The minimum Gasteiger partial charge on any atom is -0.497 e. The molecule has 2 aromatic rings. The quantitative estimate of drug-likeness (QED) is 0.611. The lowest BCUT2D eigenvalue weighted by Gasteiger charge is -2.20. The second-order valence-corrected chi connectivity index (χ2v) is 5.43. The SMILES string of the molecule is COc1cccc(C=NN(C(=O)C(F)(F)F)c2ccc(C)cc2C)c1. The maximum Gasteiger partial charge on any atom is 0.473 e. The molecule has 0 aliphatic carbocycles. The standard InChI is InChI=1S/C18H17F3N2O2/c1-12-7-8-16(13(2)9-12)23(17(24)18(19,20)21)22-11-14-5-4-6-15(10-14)25-3/h4-11H,1-3H3. The Morgan fingerprint density at radius 1 is 1.16 bits per heavy atom. The van der Waals surface area contributed by atoms with E-state index in [9.17, 15) is 18.0 Å². The number of carbonyl (C=O) groups excluding carboxylic acids is 1. The molecule has 2 aromatic carbocycles. The van der Waals surface area contributed by atoms with Crippen LogP contribution in [0.3, 0.4) is 0 Å². The van der Waals surface area contributed by atoms with Crippen LogP contribution in [-0.4, -0.2) is 25.4 Å². The number of amides is 1. The molecule has 0 aliphatic rings. The number of nitrogens with zero attached hydrogens (tertiary/aromatic N) is 2. The lowest BCUT2D eigenvalue weighted by Crippen LogP contribution is -2.38. The van der Waals surface area contributed by atoms with Gasteiger partial charge in [-0.05, 0) is 43.2 Å². The van der Waals surface area contributed by atoms with Gasteiger partial charge in [0.1, 0.15) is 5.75 Å². The summed E-state index contributed by atoms with van der Waals surface area (Å²) in [4.78, 5) is 11.8. The van der Waals surface area contributed by atoms with E-state index in [1.807, 2.05) is 6.92 Å². The molecule has 2 rings (SSSR count). The average Bonchev–Trinajstić information content (AvgIpc) is 2.55. The number of hydrazone groups is 1. The maximum absolute atomic E-state index is 13.0. The molecule has 0 aliphatic heterocycles. The van der Waals surface area contributed by atoms with Gasteiger partial charge in [0.2, 0.25) is 0 Å². The van der Waals surface area contributed by atoms with Gasteiger partial charge in [-0.25, -0.2) is 0 Å². The van der Waals surface area contributed by atoms with Gasteiger partial charge < -0.3 is 4.74 Å². The van der Waals surface area contributed by atoms with Crippen molar-refractivity contribution < 1.29 is 22.7 Å². The molecule has 0 unspecified atom stereocenters. The summed E-state index contributed by atoms with van der Waals surface area (Å²) in [5, 5.41) is 4.15. The summed E-state index contributed by atoms with van der Waals surface area (Å²) < 4.78 is 43.9. The smallest absolute Gasteiger partial charge is 0.473 e. The van der Waals surface area contributed by atoms with E-state index in [2.05, 4.69) is 5.10 Å². The van der Waals surface area contributed by atoms with Crippen LogP contribution in [0.15, 0.2) is 47.6 Å². The van der Waals surface area contributed by atoms with Crippen molar-refractivity contribution in [3.8, 4) is 5.75 Å². The average molecular weight is 350 g/mol. The highest BCUT2D eigenvalue weighted by atomic mass is 19.4. The molecule has 0 heterocycles. The van der Waals surface area contributed by atoms with Crippen LogP contribution in [0.2, 0.25) is 0 Å². The van der Waals surface area contributed by atoms with Crippen LogP contribution in [0, 0.1) is 13.8 Å². The van der Waals surface area contributed by atoms with Gasteiger partial charge in [0.25, 0.3) is 0 Å². The van der Waals surface area contributed by atoms with E-state index in [0.717, 1.165) is 5.56 Å². The summed E-state index contributed by atoms with van der Waals surface area (Å²) in [5.74, 6) is -1.53. The van der Waals surface area contributed by atoms with Crippen molar-refractivity contribution >= 4 is 17.8 Å². The van der Waals surface area contributed by atoms with E-state index in [-0.39, 0.29) is 5.69 Å². The third-order valence-electron chi connectivity index (χ3n) is 3.43. The summed E-state index contributed by atoms with van der Waals surface area (Å²) in [6.45, 7) is 3.44. The van der Waals surface area contributed by atoms with Gasteiger partial charge in [0.15, 0.2) is 0 Å². The molecule has 1 amide bonds. The first-order chi connectivity index (χ1) is 11.7. The summed E-state index contributed by atoms with van der Waals surface area (Å²) in [6.07, 6.45) is -3.85. The van der Waals surface area contributed by atoms with Gasteiger partial charge in [0.05, 0.1) is 19.0 Å². The van der Waals surface area contributed by atoms with Crippen LogP contribution in [0.25, 0.3) is 0 Å². The van der Waals surface area contributed by atoms with E-state index in [1.165, 1.54) is 19.4 Å². The number of aryl methyl sites for hydroxylation is 2. The van der Waals surface area contributed by atoms with Crippen molar-refractivity contribution in [3.63, 3.8) is 0 Å². The van der Waals surface area contributed by atoms with Gasteiger partial charge in [0, 0.05) is 0 Å². The lowest BCUT2D eigenvalue weighted by atomic mass is 10.1. The number of hydrogen-bond acceptors (Lipinski definition) is 3. The topological polar surface area (TPSA) is 41.9 Å². The minimum absolute atomic E-state index is 0.0760. The monoisotopic (exact) mass is 350 g/mol. The second-order valence-electron chi connectivity index (χ2n) is 5.43. The molecule has 0 bridgehead atoms. The molecule has 0 fully saturated rings. The van der Waals surface area contributed by atoms with E-state index in [0.29, 0.717) is 21.9 Å². The first-order valence-corrected chi connectivity index (χ1v) is 7.39. The fourth-order valence-electron chi connectivity index (χ4n) is 2.23. The van der Waals surface area contributed by atoms with Gasteiger partial charge in [-0.1, -0.05) is 29.8 Å². The largest absolute Gasteiger partial charge is 0.497 e. The third kappa shape index (κ3) is 4.59. The Balaban J connectivity index is 2.44. The zero-order valence-electron chi connectivity index (χ0n) is 14.0. The number of rotatable bonds is 4. The van der Waals surface area contributed by atoms with Crippen molar-refractivity contribution in [1.29, 1.82) is 0 Å². The second kappa shape index (κ2) is 7.38. The first-order valence-electron chi connectivity index (χ1n) is 7.39. The van der Waals surface area contributed by atoms with Crippen LogP contribution < -0.4 is 9.75 Å². The summed E-state index contributed by atoms with van der Waals surface area (Å²) in [5.41, 5.74) is 1.97. The van der Waals surface area contributed by atoms with E-state index >= 15 is 0 Å². The molecule has 25 heavy (non-hydrogen) atoms. The van der Waals surface area contributed by atoms with Crippen LogP contribution in [-0.2, 0) is 4.79 Å². The molecule has 0 saturated heterocycles. The lowest BCUT2D eigenvalue weighted by molar-refractivity contribution is -0.170. The van der Waals surface area contributed by atoms with Crippen molar-refractivity contribution in [2.24, 2.45) is 5.10 Å². The third-order valence-corrected chi connectivity index (χ3v) is 3.43. The predicted octanol–water partition coefficient (Wildman–Crippen LogP) is 4.24. The number of carbonyl (C=O) groups is 1. The van der Waals surface area contributed by atoms with Gasteiger partial charge in [-0.3, -0.25) is 4.79 Å². The Kier molecular flexibility index (Phi) is 5.46. The van der Waals surface area contributed by atoms with Crippen LogP contribution >= 0.6 is 0 Å². The minimum atomic E-state index is -5.04. The molecule has 132 valence electrons. The van der Waals surface area contributed by atoms with Crippen molar-refractivity contribution in [2.75, 3.05) is 12.1 Å². The molecule has 0 spiro atoms. The molecule has 0 radical (unpaired) electrons. The highest BCUT2D eigenvalue weighted by Gasteiger charge is 2.43. The molecular weight excluding hydrogens is 333 g/mol. The van der Waals surface area contributed by atoms with E-state index in [4.69, 9.17) is 4.74 Å². The van der Waals surface area contributed by atoms with Gasteiger partial charge in [-0.2, -0.15) is 23.3 Å². The zero-order chi connectivity index (χ0) is 18.6. The number of alkyl halides is 3. The van der Waals surface area contributed by atoms with Crippen LogP contribution in [0.1, 0.15) is 16.7 Å². The number of ether oxygens (including phenoxy) is 1. The highest BCUT2D eigenvalue weighted by Crippen LogP contribution is 2.27. The number of benzene rings is 2. The number of halogens is 3. The van der Waals surface area contributed by atoms with Crippen molar-refractivity contribution in [3.05, 3.63) is 59.2 Å². The van der Waals surface area contributed by atoms with Crippen molar-refractivity contribution in [1.82, 2.24) is 0 Å². The normalized spacial score (nSPS) is 11.6. The van der Waals surface area contributed by atoms with E-state index < -0.39 is 12.1 Å². The number of anilines is 1. The predicted molar refractivity (Wildman–Crippen MR) is 90.0 cm³/mol. The summed E-state index contributed by atoms with van der Waals surface area (Å²) >= 11 is 0. The summed E-state index contributed by atoms with van der Waals surface area (Å²) in [6, 6.07) is 11.4. The number of methoxy groups -OCH3 is 1. The fraction of sp³-hybridized carbons (Fsp3) is 0.222. The molecule has 7 heteroatoms. The molecule has 0 atom stereocenters. The summed E-state index contributed by atoms with van der Waals surface area (Å²) in [7, 11) is 1.48. The Morgan fingerprint density at radius 3 is 2.48 bits per heavy atom. The Labute approximate surface area is 143 Å². The molecule has 0 N–H and O–H groups in total. The van der Waals surface area contributed by atoms with Crippen molar-refractivity contribution in [2.45, 2.75) is 20.0 Å². The Bertz CT molecular complexity index is 801. The highest BCUT2D eigenvalue weighted by molar-refractivity contribution is 5.99. The molecule has 0 aromatic heterocycles.